The first kappa shape index (κ1) is 23.7. The maximum atomic E-state index is 13.3. The first-order valence-corrected chi connectivity index (χ1v) is 14.4. The molecule has 0 spiro atoms. The van der Waals surface area contributed by atoms with Gasteiger partial charge in [-0.25, -0.2) is 8.42 Å². The van der Waals surface area contributed by atoms with Crippen LogP contribution in [-0.2, 0) is 23.0 Å². The lowest BCUT2D eigenvalue weighted by molar-refractivity contribution is 0.0997. The van der Waals surface area contributed by atoms with E-state index in [1.54, 1.807) is 0 Å². The Kier molecular flexibility index (Phi) is 6.00. The van der Waals surface area contributed by atoms with Crippen molar-refractivity contribution in [1.29, 1.82) is 0 Å². The predicted molar refractivity (Wildman–Crippen MR) is 142 cm³/mol. The Morgan fingerprint density at radius 3 is 2.51 bits per heavy atom. The molecule has 1 aromatic heterocycles. The van der Waals surface area contributed by atoms with Gasteiger partial charge in [0.15, 0.2) is 16.3 Å². The molecule has 8 nitrogen and oxygen atoms in total. The van der Waals surface area contributed by atoms with Gasteiger partial charge in [-0.1, -0.05) is 36.5 Å². The highest BCUT2D eigenvalue weighted by Gasteiger charge is 2.30. The summed E-state index contributed by atoms with van der Waals surface area (Å²) in [7, 11) is -3.73. The van der Waals surface area contributed by atoms with Gasteiger partial charge in [0.2, 0.25) is 0 Å². The van der Waals surface area contributed by atoms with Crippen molar-refractivity contribution in [1.82, 2.24) is 4.57 Å². The van der Waals surface area contributed by atoms with Gasteiger partial charge in [0, 0.05) is 30.8 Å². The fraction of sp³-hybridized carbons (Fsp3) is 0.259. The van der Waals surface area contributed by atoms with Crippen LogP contribution in [0.1, 0.15) is 29.3 Å². The van der Waals surface area contributed by atoms with Crippen molar-refractivity contribution in [3.05, 3.63) is 76.6 Å². The molecule has 4 aromatic rings. The Labute approximate surface area is 218 Å². The first-order valence-electron chi connectivity index (χ1n) is 12.2. The third kappa shape index (κ3) is 4.19. The normalized spacial score (nSPS) is 15.3. The minimum absolute atomic E-state index is 0.147. The molecule has 3 aromatic carbocycles. The first-order chi connectivity index (χ1) is 18.0. The quantitative estimate of drug-likeness (QED) is 0.378. The number of aromatic nitrogens is 1. The van der Waals surface area contributed by atoms with Gasteiger partial charge in [0.1, 0.15) is 13.2 Å². The zero-order chi connectivity index (χ0) is 25.6. The number of carbonyl (C=O) groups excluding carboxylic acids is 1. The van der Waals surface area contributed by atoms with Crippen LogP contribution >= 0.6 is 11.3 Å². The number of anilines is 1. The molecule has 0 saturated carbocycles. The second kappa shape index (κ2) is 9.35. The third-order valence-electron chi connectivity index (χ3n) is 6.52. The topological polar surface area (TPSA) is 90.2 Å². The monoisotopic (exact) mass is 535 g/mol. The summed E-state index contributed by atoms with van der Waals surface area (Å²) in [5.74, 6) is 0.958. The van der Waals surface area contributed by atoms with Crippen LogP contribution in [0.2, 0.25) is 0 Å². The molecule has 2 aliphatic rings. The number of ether oxygens (including phenoxy) is 2. The second-order valence-corrected chi connectivity index (χ2v) is 11.8. The van der Waals surface area contributed by atoms with E-state index in [4.69, 9.17) is 9.47 Å². The third-order valence-corrected chi connectivity index (χ3v) is 9.39. The summed E-state index contributed by atoms with van der Waals surface area (Å²) >= 11 is 1.41. The highest BCUT2D eigenvalue weighted by Crippen LogP contribution is 2.36. The average molecular weight is 536 g/mol. The molecule has 0 aliphatic carbocycles. The van der Waals surface area contributed by atoms with Crippen molar-refractivity contribution in [2.75, 3.05) is 24.1 Å². The molecule has 10 heteroatoms. The number of para-hydroxylation sites is 1. The molecule has 0 fully saturated rings. The van der Waals surface area contributed by atoms with Gasteiger partial charge in [0.05, 0.1) is 20.8 Å². The number of rotatable bonds is 5. The van der Waals surface area contributed by atoms with Gasteiger partial charge >= 0.3 is 0 Å². The van der Waals surface area contributed by atoms with E-state index in [2.05, 4.69) is 11.9 Å². The van der Waals surface area contributed by atoms with E-state index in [1.807, 2.05) is 41.0 Å². The van der Waals surface area contributed by atoms with E-state index in [-0.39, 0.29) is 4.90 Å². The van der Waals surface area contributed by atoms with Crippen LogP contribution in [0.15, 0.2) is 70.6 Å². The Balaban J connectivity index is 1.32. The van der Waals surface area contributed by atoms with E-state index in [9.17, 15) is 13.2 Å². The Bertz CT molecular complexity index is 1690. The number of carbonyl (C=O) groups is 1. The molecule has 1 amide bonds. The largest absolute Gasteiger partial charge is 0.486 e. The maximum absolute atomic E-state index is 13.3. The molecule has 0 unspecified atom stereocenters. The van der Waals surface area contributed by atoms with Gasteiger partial charge in [-0.05, 0) is 48.7 Å². The number of sulfonamides is 1. The van der Waals surface area contributed by atoms with Crippen LogP contribution in [0.4, 0.5) is 5.69 Å². The van der Waals surface area contributed by atoms with Gasteiger partial charge < -0.3 is 14.0 Å². The van der Waals surface area contributed by atoms with Crippen molar-refractivity contribution in [2.24, 2.45) is 4.99 Å². The van der Waals surface area contributed by atoms with Crippen LogP contribution in [0, 0.1) is 0 Å². The van der Waals surface area contributed by atoms with Crippen molar-refractivity contribution < 1.29 is 22.7 Å². The van der Waals surface area contributed by atoms with Gasteiger partial charge in [0.25, 0.3) is 15.9 Å². The van der Waals surface area contributed by atoms with Gasteiger partial charge in [-0.3, -0.25) is 9.10 Å². The number of hydrogen-bond donors (Lipinski definition) is 0. The summed E-state index contributed by atoms with van der Waals surface area (Å²) in [6.45, 7) is 4.17. The van der Waals surface area contributed by atoms with Crippen molar-refractivity contribution in [3.8, 4) is 11.5 Å². The van der Waals surface area contributed by atoms with Crippen LogP contribution in [0.25, 0.3) is 10.2 Å². The van der Waals surface area contributed by atoms with Crippen molar-refractivity contribution in [2.45, 2.75) is 31.2 Å². The molecule has 0 bridgehead atoms. The van der Waals surface area contributed by atoms with E-state index in [1.165, 1.54) is 39.9 Å². The molecule has 0 saturated heterocycles. The molecule has 0 N–H and O–H groups in total. The van der Waals surface area contributed by atoms with Crippen molar-refractivity contribution in [3.63, 3.8) is 0 Å². The van der Waals surface area contributed by atoms with Gasteiger partial charge in [-0.2, -0.15) is 4.99 Å². The number of nitrogens with zero attached hydrogens (tertiary/aromatic N) is 3. The number of hydrogen-bond acceptors (Lipinski definition) is 6. The molecule has 2 aliphatic heterocycles. The van der Waals surface area contributed by atoms with Crippen LogP contribution in [0.3, 0.4) is 0 Å². The number of aryl methyl sites for hydroxylation is 1. The number of fused-ring (bicyclic) bond motifs is 3. The molecule has 0 atom stereocenters. The summed E-state index contributed by atoms with van der Waals surface area (Å²) in [5.41, 5.74) is 2.99. The fourth-order valence-electron chi connectivity index (χ4n) is 4.74. The molecular weight excluding hydrogens is 510 g/mol. The molecule has 190 valence electrons. The average Bonchev–Trinajstić information content (AvgIpc) is 3.49. The summed E-state index contributed by atoms with van der Waals surface area (Å²) in [6.07, 6.45) is 1.55. The molecule has 37 heavy (non-hydrogen) atoms. The zero-order valence-electron chi connectivity index (χ0n) is 20.2. The lowest BCUT2D eigenvalue weighted by Gasteiger charge is -2.19. The molecule has 3 heterocycles. The Hall–Kier alpha value is -3.63. The lowest BCUT2D eigenvalue weighted by atomic mass is 10.2. The predicted octanol–water partition coefficient (Wildman–Crippen LogP) is 4.38. The highest BCUT2D eigenvalue weighted by atomic mass is 32.2. The molecule has 0 radical (unpaired) electrons. The Morgan fingerprint density at radius 2 is 1.76 bits per heavy atom. The van der Waals surface area contributed by atoms with Crippen molar-refractivity contribution >= 4 is 43.2 Å². The summed E-state index contributed by atoms with van der Waals surface area (Å²) in [4.78, 5) is 18.2. The summed E-state index contributed by atoms with van der Waals surface area (Å²) in [5, 5.41) is 0. The van der Waals surface area contributed by atoms with E-state index in [0.717, 1.165) is 22.2 Å². The van der Waals surface area contributed by atoms with E-state index in [0.29, 0.717) is 60.3 Å². The van der Waals surface area contributed by atoms with E-state index < -0.39 is 15.9 Å². The van der Waals surface area contributed by atoms with E-state index >= 15 is 0 Å². The highest BCUT2D eigenvalue weighted by molar-refractivity contribution is 7.92. The molecular formula is C27H25N3O5S2. The molecule has 6 rings (SSSR count). The second-order valence-electron chi connectivity index (χ2n) is 8.90. The fourth-order valence-corrected chi connectivity index (χ4v) is 7.31. The van der Waals surface area contributed by atoms with Gasteiger partial charge in [-0.15, -0.1) is 0 Å². The SMILES string of the molecule is CCCn1c(=NC(=O)c2ccc(S(=O)(=O)N3CCc4ccccc43)cc2)sc2cc3c(cc21)OCCO3. The van der Waals surface area contributed by atoms with Crippen LogP contribution in [0.5, 0.6) is 11.5 Å². The summed E-state index contributed by atoms with van der Waals surface area (Å²) in [6, 6.07) is 17.4. The minimum atomic E-state index is -3.73. The standard InChI is InChI=1S/C27H25N3O5S2/c1-2-12-29-22-16-23-24(35-15-14-34-23)17-25(22)36-27(29)28-26(31)19-7-9-20(10-8-19)37(32,33)30-13-11-18-5-3-4-6-21(18)30/h3-10,16-17H,2,11-15H2,1H3. The lowest BCUT2D eigenvalue weighted by Crippen LogP contribution is -2.29. The summed E-state index contributed by atoms with van der Waals surface area (Å²) < 4.78 is 42.4. The van der Waals surface area contributed by atoms with Crippen LogP contribution < -0.4 is 18.6 Å². The number of thiazole rings is 1. The zero-order valence-corrected chi connectivity index (χ0v) is 21.8. The Morgan fingerprint density at radius 1 is 1.03 bits per heavy atom. The number of benzene rings is 3. The minimum Gasteiger partial charge on any atom is -0.486 e. The van der Waals surface area contributed by atoms with Crippen LogP contribution in [-0.4, -0.2) is 38.7 Å². The maximum Gasteiger partial charge on any atom is 0.279 e. The number of amides is 1. The smallest absolute Gasteiger partial charge is 0.279 e.